The predicted molar refractivity (Wildman–Crippen MR) is 113 cm³/mol. The summed E-state index contributed by atoms with van der Waals surface area (Å²) < 4.78 is 0. The number of piperazine rings is 1. The summed E-state index contributed by atoms with van der Waals surface area (Å²) >= 11 is 2.95. The van der Waals surface area contributed by atoms with E-state index in [4.69, 9.17) is 0 Å². The van der Waals surface area contributed by atoms with Crippen molar-refractivity contribution in [3.05, 3.63) is 47.4 Å². The van der Waals surface area contributed by atoms with Gasteiger partial charge in [-0.15, -0.1) is 11.3 Å². The van der Waals surface area contributed by atoms with Crippen molar-refractivity contribution in [2.45, 2.75) is 6.92 Å². The molecule has 0 aliphatic carbocycles. The number of amides is 1. The highest BCUT2D eigenvalue weighted by Gasteiger charge is 2.27. The number of aromatic nitrogens is 5. The number of nitrogens with zero attached hydrogens (tertiary/aromatic N) is 7. The third kappa shape index (κ3) is 3.45. The maximum Gasteiger partial charge on any atom is 0.265 e. The van der Waals surface area contributed by atoms with Gasteiger partial charge < -0.3 is 9.80 Å². The molecule has 1 amide bonds. The van der Waals surface area contributed by atoms with Gasteiger partial charge in [0.2, 0.25) is 0 Å². The first-order valence-electron chi connectivity index (χ1n) is 9.19. The first kappa shape index (κ1) is 18.1. The Kier molecular flexibility index (Phi) is 4.64. The van der Waals surface area contributed by atoms with Gasteiger partial charge in [-0.1, -0.05) is 11.3 Å². The van der Waals surface area contributed by atoms with E-state index < -0.39 is 0 Å². The molecular weight excluding hydrogens is 406 g/mol. The Morgan fingerprint density at radius 2 is 1.72 bits per heavy atom. The molecule has 5 rings (SSSR count). The van der Waals surface area contributed by atoms with Crippen molar-refractivity contribution in [1.29, 1.82) is 0 Å². The van der Waals surface area contributed by atoms with Crippen LogP contribution in [0.15, 0.2) is 36.8 Å². The summed E-state index contributed by atoms with van der Waals surface area (Å²) in [5, 5.41) is 1.63. The van der Waals surface area contributed by atoms with E-state index >= 15 is 0 Å². The van der Waals surface area contributed by atoms with Crippen LogP contribution in [0.3, 0.4) is 0 Å². The topological polar surface area (TPSA) is 88.0 Å². The SMILES string of the molecule is Cc1nc(-c2ncccn2)sc1C(=O)N1CCN(c2nc3cccnc3s2)CC1. The van der Waals surface area contributed by atoms with Crippen molar-refractivity contribution >= 4 is 44.1 Å². The van der Waals surface area contributed by atoms with Crippen molar-refractivity contribution < 1.29 is 4.79 Å². The maximum absolute atomic E-state index is 13.1. The number of hydrogen-bond acceptors (Lipinski definition) is 9. The lowest BCUT2D eigenvalue weighted by Gasteiger charge is -2.34. The lowest BCUT2D eigenvalue weighted by atomic mass is 10.3. The molecule has 8 nitrogen and oxygen atoms in total. The molecule has 0 radical (unpaired) electrons. The van der Waals surface area contributed by atoms with Gasteiger partial charge in [-0.05, 0) is 25.1 Å². The molecule has 0 unspecified atom stereocenters. The summed E-state index contributed by atoms with van der Waals surface area (Å²) in [6, 6.07) is 5.63. The number of fused-ring (bicyclic) bond motifs is 1. The second kappa shape index (κ2) is 7.45. The number of anilines is 1. The van der Waals surface area contributed by atoms with E-state index in [1.54, 1.807) is 36.0 Å². The minimum atomic E-state index is 0.0211. The number of aryl methyl sites for hydroxylation is 1. The van der Waals surface area contributed by atoms with Crippen LogP contribution in [0.1, 0.15) is 15.4 Å². The molecule has 146 valence electrons. The number of thiazole rings is 2. The Labute approximate surface area is 174 Å². The fourth-order valence-corrected chi connectivity index (χ4v) is 5.18. The second-order valence-corrected chi connectivity index (χ2v) is 8.56. The Hall–Kier alpha value is -2.98. The van der Waals surface area contributed by atoms with Gasteiger partial charge in [0.15, 0.2) is 16.0 Å². The standard InChI is InChI=1S/C19H17N7OS2/c1-12-14(28-17(23-12)15-20-6-3-7-21-15)18(27)25-8-10-26(11-9-25)19-24-13-4-2-5-22-16(13)29-19/h2-7H,8-11H2,1H3. The monoisotopic (exact) mass is 423 g/mol. The lowest BCUT2D eigenvalue weighted by Crippen LogP contribution is -2.48. The predicted octanol–water partition coefficient (Wildman–Crippen LogP) is 2.88. The molecule has 0 bridgehead atoms. The van der Waals surface area contributed by atoms with Gasteiger partial charge in [-0.2, -0.15) is 0 Å². The average molecular weight is 424 g/mol. The molecular formula is C19H17N7OS2. The quantitative estimate of drug-likeness (QED) is 0.501. The van der Waals surface area contributed by atoms with Gasteiger partial charge in [-0.3, -0.25) is 4.79 Å². The lowest BCUT2D eigenvalue weighted by molar-refractivity contribution is 0.0750. The zero-order chi connectivity index (χ0) is 19.8. The van der Waals surface area contributed by atoms with Crippen molar-refractivity contribution in [2.75, 3.05) is 31.1 Å². The van der Waals surface area contributed by atoms with Crippen LogP contribution in [0.4, 0.5) is 5.13 Å². The molecule has 0 aromatic carbocycles. The molecule has 4 aromatic rings. The zero-order valence-electron chi connectivity index (χ0n) is 15.6. The van der Waals surface area contributed by atoms with Gasteiger partial charge in [0.1, 0.15) is 15.2 Å². The fraction of sp³-hybridized carbons (Fsp3) is 0.263. The van der Waals surface area contributed by atoms with Crippen LogP contribution in [-0.2, 0) is 0 Å². The van der Waals surface area contributed by atoms with E-state index in [1.807, 2.05) is 24.0 Å². The van der Waals surface area contributed by atoms with Crippen molar-refractivity contribution in [2.24, 2.45) is 0 Å². The van der Waals surface area contributed by atoms with Crippen LogP contribution >= 0.6 is 22.7 Å². The molecule has 4 aromatic heterocycles. The molecule has 29 heavy (non-hydrogen) atoms. The molecule has 1 saturated heterocycles. The summed E-state index contributed by atoms with van der Waals surface area (Å²) in [6.07, 6.45) is 5.14. The first-order valence-corrected chi connectivity index (χ1v) is 10.8. The van der Waals surface area contributed by atoms with Crippen molar-refractivity contribution in [3.63, 3.8) is 0 Å². The molecule has 10 heteroatoms. The van der Waals surface area contributed by atoms with Gasteiger partial charge in [0, 0.05) is 44.8 Å². The van der Waals surface area contributed by atoms with Crippen molar-refractivity contribution in [1.82, 2.24) is 29.8 Å². The molecule has 1 fully saturated rings. The van der Waals surface area contributed by atoms with Gasteiger partial charge in [0.25, 0.3) is 5.91 Å². The van der Waals surface area contributed by atoms with Crippen LogP contribution in [0.25, 0.3) is 21.2 Å². The molecule has 0 N–H and O–H groups in total. The number of carbonyl (C=O) groups excluding carboxylic acids is 1. The summed E-state index contributed by atoms with van der Waals surface area (Å²) in [5.74, 6) is 0.571. The molecule has 1 aliphatic rings. The third-order valence-electron chi connectivity index (χ3n) is 4.74. The van der Waals surface area contributed by atoms with Crippen LogP contribution in [0.2, 0.25) is 0 Å². The molecule has 0 atom stereocenters. The molecule has 1 aliphatic heterocycles. The minimum absolute atomic E-state index is 0.0211. The number of pyridine rings is 1. The van der Waals surface area contributed by atoms with E-state index in [2.05, 4.69) is 29.8 Å². The number of hydrogen-bond donors (Lipinski definition) is 0. The summed E-state index contributed by atoms with van der Waals surface area (Å²) in [4.78, 5) is 40.8. The van der Waals surface area contributed by atoms with Crippen LogP contribution < -0.4 is 4.90 Å². The number of carbonyl (C=O) groups is 1. The molecule has 5 heterocycles. The van der Waals surface area contributed by atoms with Gasteiger partial charge in [0.05, 0.1) is 5.69 Å². The number of rotatable bonds is 3. The Bertz CT molecular complexity index is 1130. The Morgan fingerprint density at radius 1 is 0.966 bits per heavy atom. The van der Waals surface area contributed by atoms with Gasteiger partial charge in [-0.25, -0.2) is 24.9 Å². The van der Waals surface area contributed by atoms with E-state index in [9.17, 15) is 4.79 Å². The van der Waals surface area contributed by atoms with E-state index in [-0.39, 0.29) is 5.91 Å². The first-order chi connectivity index (χ1) is 14.2. The van der Waals surface area contributed by atoms with E-state index in [0.29, 0.717) is 28.8 Å². The third-order valence-corrected chi connectivity index (χ3v) is 6.92. The minimum Gasteiger partial charge on any atom is -0.344 e. The summed E-state index contributed by atoms with van der Waals surface area (Å²) in [7, 11) is 0. The largest absolute Gasteiger partial charge is 0.344 e. The van der Waals surface area contributed by atoms with Crippen LogP contribution in [0, 0.1) is 6.92 Å². The van der Waals surface area contributed by atoms with E-state index in [0.717, 1.165) is 34.3 Å². The Balaban J connectivity index is 1.29. The fourth-order valence-electron chi connectivity index (χ4n) is 3.24. The van der Waals surface area contributed by atoms with E-state index in [1.165, 1.54) is 11.3 Å². The molecule has 0 saturated carbocycles. The summed E-state index contributed by atoms with van der Waals surface area (Å²) in [6.45, 7) is 4.66. The van der Waals surface area contributed by atoms with Crippen LogP contribution in [0.5, 0.6) is 0 Å². The van der Waals surface area contributed by atoms with Gasteiger partial charge >= 0.3 is 0 Å². The second-order valence-electron chi connectivity index (χ2n) is 6.61. The molecule has 0 spiro atoms. The highest BCUT2D eigenvalue weighted by molar-refractivity contribution is 7.21. The highest BCUT2D eigenvalue weighted by atomic mass is 32.1. The van der Waals surface area contributed by atoms with Crippen molar-refractivity contribution in [3.8, 4) is 10.8 Å². The smallest absolute Gasteiger partial charge is 0.265 e. The maximum atomic E-state index is 13.1. The van der Waals surface area contributed by atoms with Crippen LogP contribution in [-0.4, -0.2) is 61.9 Å². The summed E-state index contributed by atoms with van der Waals surface area (Å²) in [5.41, 5.74) is 1.64. The highest BCUT2D eigenvalue weighted by Crippen LogP contribution is 2.29. The normalized spacial score (nSPS) is 14.5. The zero-order valence-corrected chi connectivity index (χ0v) is 17.3. The average Bonchev–Trinajstić information content (AvgIpc) is 3.38. The Morgan fingerprint density at radius 3 is 2.48 bits per heavy atom.